The third-order valence-corrected chi connectivity index (χ3v) is 3.26. The van der Waals surface area contributed by atoms with Crippen LogP contribution < -0.4 is 10.1 Å². The molecule has 17 heavy (non-hydrogen) atoms. The molecule has 0 amide bonds. The van der Waals surface area contributed by atoms with Crippen molar-refractivity contribution in [2.75, 3.05) is 27.2 Å². The summed E-state index contributed by atoms with van der Waals surface area (Å²) in [6, 6.07) is 5.84. The lowest BCUT2D eigenvalue weighted by Crippen LogP contribution is -2.30. The van der Waals surface area contributed by atoms with Gasteiger partial charge < -0.3 is 20.1 Å². The summed E-state index contributed by atoms with van der Waals surface area (Å²) in [5, 5.41) is 13.2. The fourth-order valence-electron chi connectivity index (χ4n) is 2.19. The van der Waals surface area contributed by atoms with E-state index < -0.39 is 0 Å². The van der Waals surface area contributed by atoms with Crippen LogP contribution in [-0.2, 0) is 6.54 Å². The average Bonchev–Trinajstić information content (AvgIpc) is 2.74. The maximum Gasteiger partial charge on any atom is 0.120 e. The normalized spacial score (nSPS) is 20.7. The third-order valence-electron chi connectivity index (χ3n) is 3.26. The summed E-state index contributed by atoms with van der Waals surface area (Å²) in [6.07, 6.45) is 1.17. The zero-order chi connectivity index (χ0) is 12.3. The standard InChI is InChI=1S/C13H20N2O2/c1-15-6-5-11(9-15)14-8-10-7-12(17-2)3-4-13(10)16/h3-4,7,11,14,16H,5-6,8-9H2,1-2H3. The fourth-order valence-corrected chi connectivity index (χ4v) is 2.19. The molecule has 1 unspecified atom stereocenters. The second-order valence-electron chi connectivity index (χ2n) is 4.62. The number of likely N-dealkylation sites (N-methyl/N-ethyl adjacent to an activating group) is 1. The predicted octanol–water partition coefficient (Wildman–Crippen LogP) is 1.19. The van der Waals surface area contributed by atoms with Crippen LogP contribution in [0.2, 0.25) is 0 Å². The van der Waals surface area contributed by atoms with Crippen LogP contribution >= 0.6 is 0 Å². The number of ether oxygens (including phenoxy) is 1. The van der Waals surface area contributed by atoms with Gasteiger partial charge in [-0.25, -0.2) is 0 Å². The highest BCUT2D eigenvalue weighted by molar-refractivity contribution is 5.39. The minimum absolute atomic E-state index is 0.324. The Labute approximate surface area is 102 Å². The first-order valence-electron chi connectivity index (χ1n) is 5.97. The topological polar surface area (TPSA) is 44.7 Å². The Morgan fingerprint density at radius 2 is 2.35 bits per heavy atom. The molecule has 1 heterocycles. The molecule has 94 valence electrons. The van der Waals surface area contributed by atoms with Gasteiger partial charge in [-0.1, -0.05) is 0 Å². The van der Waals surface area contributed by atoms with Gasteiger partial charge >= 0.3 is 0 Å². The quantitative estimate of drug-likeness (QED) is 0.824. The van der Waals surface area contributed by atoms with E-state index in [9.17, 15) is 5.11 Å². The minimum Gasteiger partial charge on any atom is -0.508 e. The molecule has 2 N–H and O–H groups in total. The number of aromatic hydroxyl groups is 1. The van der Waals surface area contributed by atoms with Gasteiger partial charge in [0, 0.05) is 24.7 Å². The number of likely N-dealkylation sites (tertiary alicyclic amines) is 1. The lowest BCUT2D eigenvalue weighted by molar-refractivity contribution is 0.394. The molecule has 0 radical (unpaired) electrons. The van der Waals surface area contributed by atoms with Crippen LogP contribution in [-0.4, -0.2) is 43.3 Å². The molecule has 0 bridgehead atoms. The Kier molecular flexibility index (Phi) is 3.86. The summed E-state index contributed by atoms with van der Waals surface area (Å²) in [5.41, 5.74) is 0.888. The Bertz CT molecular complexity index is 382. The molecule has 0 aromatic heterocycles. The SMILES string of the molecule is COc1ccc(O)c(CNC2CCN(C)C2)c1. The molecule has 2 rings (SSSR count). The monoisotopic (exact) mass is 236 g/mol. The molecule has 1 atom stereocenters. The van der Waals surface area contributed by atoms with Crippen LogP contribution in [0.5, 0.6) is 11.5 Å². The van der Waals surface area contributed by atoms with Gasteiger partial charge in [-0.3, -0.25) is 0 Å². The van der Waals surface area contributed by atoms with Crippen molar-refractivity contribution in [2.24, 2.45) is 0 Å². The van der Waals surface area contributed by atoms with E-state index in [1.807, 2.05) is 6.07 Å². The first-order valence-corrected chi connectivity index (χ1v) is 5.97. The summed E-state index contributed by atoms with van der Waals surface area (Å²) in [7, 11) is 3.76. The zero-order valence-corrected chi connectivity index (χ0v) is 10.4. The van der Waals surface area contributed by atoms with Gasteiger partial charge in [0.1, 0.15) is 11.5 Å². The molecule has 0 aliphatic carbocycles. The van der Waals surface area contributed by atoms with Gasteiger partial charge in [0.15, 0.2) is 0 Å². The fraction of sp³-hybridized carbons (Fsp3) is 0.538. The third kappa shape index (κ3) is 3.11. The van der Waals surface area contributed by atoms with Gasteiger partial charge in [-0.2, -0.15) is 0 Å². The summed E-state index contributed by atoms with van der Waals surface area (Å²) < 4.78 is 5.15. The maximum atomic E-state index is 9.75. The van der Waals surface area contributed by atoms with Crippen molar-refractivity contribution in [3.63, 3.8) is 0 Å². The number of nitrogens with one attached hydrogen (secondary N) is 1. The van der Waals surface area contributed by atoms with E-state index in [0.717, 1.165) is 24.4 Å². The van der Waals surface area contributed by atoms with Gasteiger partial charge in [-0.05, 0) is 38.2 Å². The van der Waals surface area contributed by atoms with Crippen molar-refractivity contribution in [2.45, 2.75) is 19.0 Å². The molecule has 1 aromatic carbocycles. The summed E-state index contributed by atoms with van der Waals surface area (Å²) in [6.45, 7) is 2.90. The van der Waals surface area contributed by atoms with E-state index in [1.54, 1.807) is 19.2 Å². The van der Waals surface area contributed by atoms with Crippen LogP contribution in [0.3, 0.4) is 0 Å². The highest BCUT2D eigenvalue weighted by atomic mass is 16.5. The number of hydrogen-bond acceptors (Lipinski definition) is 4. The molecule has 4 heteroatoms. The van der Waals surface area contributed by atoms with Crippen molar-refractivity contribution in [3.8, 4) is 11.5 Å². The molecule has 1 aromatic rings. The number of rotatable bonds is 4. The largest absolute Gasteiger partial charge is 0.508 e. The van der Waals surface area contributed by atoms with Gasteiger partial charge in [0.25, 0.3) is 0 Å². The maximum absolute atomic E-state index is 9.75. The van der Waals surface area contributed by atoms with Crippen LogP contribution in [0.15, 0.2) is 18.2 Å². The van der Waals surface area contributed by atoms with Crippen LogP contribution in [0.25, 0.3) is 0 Å². The van der Waals surface area contributed by atoms with Crippen molar-refractivity contribution in [1.29, 1.82) is 0 Å². The second kappa shape index (κ2) is 5.38. The van der Waals surface area contributed by atoms with E-state index >= 15 is 0 Å². The minimum atomic E-state index is 0.324. The van der Waals surface area contributed by atoms with E-state index in [1.165, 1.54) is 6.42 Å². The van der Waals surface area contributed by atoms with Gasteiger partial charge in [-0.15, -0.1) is 0 Å². The first-order chi connectivity index (χ1) is 8.19. The molecule has 1 fully saturated rings. The lowest BCUT2D eigenvalue weighted by Gasteiger charge is -2.14. The van der Waals surface area contributed by atoms with E-state index in [0.29, 0.717) is 18.3 Å². The van der Waals surface area contributed by atoms with Crippen molar-refractivity contribution >= 4 is 0 Å². The van der Waals surface area contributed by atoms with E-state index in [-0.39, 0.29) is 0 Å². The molecule has 1 aliphatic heterocycles. The van der Waals surface area contributed by atoms with Crippen molar-refractivity contribution in [1.82, 2.24) is 10.2 Å². The van der Waals surface area contributed by atoms with E-state index in [4.69, 9.17) is 4.74 Å². The lowest BCUT2D eigenvalue weighted by atomic mass is 10.1. The Morgan fingerprint density at radius 3 is 3.00 bits per heavy atom. The zero-order valence-electron chi connectivity index (χ0n) is 10.4. The average molecular weight is 236 g/mol. The van der Waals surface area contributed by atoms with Crippen LogP contribution in [0.1, 0.15) is 12.0 Å². The highest BCUT2D eigenvalue weighted by Crippen LogP contribution is 2.23. The Hall–Kier alpha value is -1.26. The second-order valence-corrected chi connectivity index (χ2v) is 4.62. The Morgan fingerprint density at radius 1 is 1.53 bits per heavy atom. The Balaban J connectivity index is 1.94. The summed E-state index contributed by atoms with van der Waals surface area (Å²) >= 11 is 0. The van der Waals surface area contributed by atoms with Crippen molar-refractivity contribution in [3.05, 3.63) is 23.8 Å². The van der Waals surface area contributed by atoms with Crippen molar-refractivity contribution < 1.29 is 9.84 Å². The number of nitrogens with zero attached hydrogens (tertiary/aromatic N) is 1. The summed E-state index contributed by atoms with van der Waals surface area (Å²) in [5.74, 6) is 1.10. The molecule has 0 spiro atoms. The molecule has 4 nitrogen and oxygen atoms in total. The van der Waals surface area contributed by atoms with Gasteiger partial charge in [0.05, 0.1) is 7.11 Å². The number of methoxy groups -OCH3 is 1. The molecule has 1 aliphatic rings. The smallest absolute Gasteiger partial charge is 0.120 e. The van der Waals surface area contributed by atoms with Crippen LogP contribution in [0, 0.1) is 0 Å². The number of benzene rings is 1. The van der Waals surface area contributed by atoms with Gasteiger partial charge in [0.2, 0.25) is 0 Å². The molecule has 1 saturated heterocycles. The molecular weight excluding hydrogens is 216 g/mol. The number of phenols is 1. The van der Waals surface area contributed by atoms with Crippen LogP contribution in [0.4, 0.5) is 0 Å². The molecular formula is C13H20N2O2. The number of phenolic OH excluding ortho intramolecular Hbond substituents is 1. The molecule has 0 saturated carbocycles. The van der Waals surface area contributed by atoms with E-state index in [2.05, 4.69) is 17.3 Å². The summed E-state index contributed by atoms with van der Waals surface area (Å²) in [4.78, 5) is 2.31. The number of hydrogen-bond donors (Lipinski definition) is 2. The first kappa shape index (κ1) is 12.2. The highest BCUT2D eigenvalue weighted by Gasteiger charge is 2.18. The predicted molar refractivity (Wildman–Crippen MR) is 67.4 cm³/mol.